The molecule has 0 fully saturated rings. The molecule has 18 heavy (non-hydrogen) atoms. The summed E-state index contributed by atoms with van der Waals surface area (Å²) < 4.78 is 0. The lowest BCUT2D eigenvalue weighted by Gasteiger charge is -2.14. The van der Waals surface area contributed by atoms with E-state index in [0.29, 0.717) is 25.7 Å². The molecule has 0 aliphatic carbocycles. The highest BCUT2D eigenvalue weighted by Gasteiger charge is 2.10. The number of aliphatic hydroxyl groups excluding tert-OH is 3. The normalized spacial score (nSPS) is 16.4. The number of aryl methyl sites for hydroxylation is 1. The SMILES string of the molecule is CC(O)CCC(O)CCC(O)CCc1ccsc1. The van der Waals surface area contributed by atoms with Crippen molar-refractivity contribution in [3.8, 4) is 0 Å². The zero-order valence-electron chi connectivity index (χ0n) is 11.0. The zero-order chi connectivity index (χ0) is 13.4. The van der Waals surface area contributed by atoms with E-state index in [9.17, 15) is 10.2 Å². The van der Waals surface area contributed by atoms with E-state index in [0.717, 1.165) is 12.8 Å². The Hall–Kier alpha value is -0.420. The van der Waals surface area contributed by atoms with E-state index in [1.165, 1.54) is 5.56 Å². The van der Waals surface area contributed by atoms with E-state index in [4.69, 9.17) is 5.11 Å². The molecule has 0 bridgehead atoms. The van der Waals surface area contributed by atoms with Crippen LogP contribution in [0.2, 0.25) is 0 Å². The Bertz CT molecular complexity index is 298. The van der Waals surface area contributed by atoms with Crippen LogP contribution < -0.4 is 0 Å². The molecule has 0 saturated heterocycles. The third-order valence-electron chi connectivity index (χ3n) is 3.10. The third-order valence-corrected chi connectivity index (χ3v) is 3.83. The van der Waals surface area contributed by atoms with Gasteiger partial charge in [-0.3, -0.25) is 0 Å². The molecule has 1 rings (SSSR count). The molecule has 0 saturated carbocycles. The highest BCUT2D eigenvalue weighted by Crippen LogP contribution is 2.14. The summed E-state index contributed by atoms with van der Waals surface area (Å²) >= 11 is 1.67. The van der Waals surface area contributed by atoms with Gasteiger partial charge in [0, 0.05) is 0 Å². The van der Waals surface area contributed by atoms with Gasteiger partial charge in [-0.15, -0.1) is 0 Å². The maximum atomic E-state index is 9.82. The van der Waals surface area contributed by atoms with Gasteiger partial charge in [-0.2, -0.15) is 11.3 Å². The first-order valence-electron chi connectivity index (χ1n) is 6.63. The first-order chi connectivity index (χ1) is 8.58. The number of aliphatic hydroxyl groups is 3. The monoisotopic (exact) mass is 272 g/mol. The van der Waals surface area contributed by atoms with Crippen molar-refractivity contribution in [2.75, 3.05) is 0 Å². The van der Waals surface area contributed by atoms with Crippen LogP contribution in [0.5, 0.6) is 0 Å². The minimum absolute atomic E-state index is 0.342. The van der Waals surface area contributed by atoms with E-state index in [1.54, 1.807) is 18.3 Å². The molecule has 0 aromatic carbocycles. The summed E-state index contributed by atoms with van der Waals surface area (Å²) in [4.78, 5) is 0. The van der Waals surface area contributed by atoms with Crippen LogP contribution in [0.25, 0.3) is 0 Å². The molecule has 1 heterocycles. The van der Waals surface area contributed by atoms with Crippen LogP contribution in [-0.2, 0) is 6.42 Å². The lowest BCUT2D eigenvalue weighted by atomic mass is 10.0. The van der Waals surface area contributed by atoms with E-state index in [-0.39, 0.29) is 12.2 Å². The van der Waals surface area contributed by atoms with Gasteiger partial charge in [0.2, 0.25) is 0 Å². The maximum Gasteiger partial charge on any atom is 0.0544 e. The Labute approximate surface area is 113 Å². The van der Waals surface area contributed by atoms with Gasteiger partial charge >= 0.3 is 0 Å². The van der Waals surface area contributed by atoms with Crippen LogP contribution in [0, 0.1) is 0 Å². The van der Waals surface area contributed by atoms with Crippen LogP contribution in [0.15, 0.2) is 16.8 Å². The Kier molecular flexibility index (Phi) is 7.51. The summed E-state index contributed by atoms with van der Waals surface area (Å²) in [6, 6.07) is 2.08. The first-order valence-corrected chi connectivity index (χ1v) is 7.57. The summed E-state index contributed by atoms with van der Waals surface area (Å²) in [5, 5.41) is 32.7. The van der Waals surface area contributed by atoms with Gasteiger partial charge in [-0.05, 0) is 67.8 Å². The quantitative estimate of drug-likeness (QED) is 0.646. The molecular formula is C14H24O3S. The summed E-state index contributed by atoms with van der Waals surface area (Å²) in [6.45, 7) is 1.72. The molecule has 0 spiro atoms. The average molecular weight is 272 g/mol. The van der Waals surface area contributed by atoms with Crippen LogP contribution in [0.1, 0.15) is 44.6 Å². The van der Waals surface area contributed by atoms with Gasteiger partial charge < -0.3 is 15.3 Å². The van der Waals surface area contributed by atoms with E-state index >= 15 is 0 Å². The predicted molar refractivity (Wildman–Crippen MR) is 74.8 cm³/mol. The number of hydrogen-bond donors (Lipinski definition) is 3. The highest BCUT2D eigenvalue weighted by molar-refractivity contribution is 7.07. The van der Waals surface area contributed by atoms with Gasteiger partial charge in [-0.25, -0.2) is 0 Å². The van der Waals surface area contributed by atoms with Gasteiger partial charge in [0.25, 0.3) is 0 Å². The fraction of sp³-hybridized carbons (Fsp3) is 0.714. The molecule has 3 unspecified atom stereocenters. The molecule has 3 nitrogen and oxygen atoms in total. The maximum absolute atomic E-state index is 9.82. The predicted octanol–water partition coefficient (Wildman–Crippen LogP) is 2.34. The van der Waals surface area contributed by atoms with Crippen molar-refractivity contribution >= 4 is 11.3 Å². The number of thiophene rings is 1. The van der Waals surface area contributed by atoms with Gasteiger partial charge in [0.05, 0.1) is 18.3 Å². The van der Waals surface area contributed by atoms with Crippen molar-refractivity contribution in [3.63, 3.8) is 0 Å². The number of rotatable bonds is 9. The summed E-state index contributed by atoms with van der Waals surface area (Å²) in [5.41, 5.74) is 1.27. The van der Waals surface area contributed by atoms with Gasteiger partial charge in [0.1, 0.15) is 0 Å². The molecule has 0 radical (unpaired) electrons. The second kappa shape index (κ2) is 8.64. The zero-order valence-corrected chi connectivity index (χ0v) is 11.8. The van der Waals surface area contributed by atoms with Crippen LogP contribution >= 0.6 is 11.3 Å². The van der Waals surface area contributed by atoms with Crippen molar-refractivity contribution in [1.82, 2.24) is 0 Å². The minimum atomic E-state index is -0.407. The Balaban J connectivity index is 2.07. The second-order valence-electron chi connectivity index (χ2n) is 4.98. The fourth-order valence-electron chi connectivity index (χ4n) is 1.88. The minimum Gasteiger partial charge on any atom is -0.393 e. The molecule has 0 amide bonds. The average Bonchev–Trinajstić information content (AvgIpc) is 2.84. The van der Waals surface area contributed by atoms with E-state index in [2.05, 4.69) is 11.4 Å². The Morgan fingerprint density at radius 2 is 1.61 bits per heavy atom. The van der Waals surface area contributed by atoms with Crippen LogP contribution in [0.4, 0.5) is 0 Å². The topological polar surface area (TPSA) is 60.7 Å². The molecule has 104 valence electrons. The van der Waals surface area contributed by atoms with E-state index in [1.807, 2.05) is 5.38 Å². The fourth-order valence-corrected chi connectivity index (χ4v) is 2.58. The molecular weight excluding hydrogens is 248 g/mol. The molecule has 0 aliphatic rings. The first kappa shape index (κ1) is 15.6. The van der Waals surface area contributed by atoms with Crippen molar-refractivity contribution in [1.29, 1.82) is 0 Å². The smallest absolute Gasteiger partial charge is 0.0544 e. The van der Waals surface area contributed by atoms with Crippen LogP contribution in [-0.4, -0.2) is 33.6 Å². The lowest BCUT2D eigenvalue weighted by molar-refractivity contribution is 0.0898. The van der Waals surface area contributed by atoms with Gasteiger partial charge in [-0.1, -0.05) is 0 Å². The molecule has 3 N–H and O–H groups in total. The van der Waals surface area contributed by atoms with Crippen molar-refractivity contribution in [3.05, 3.63) is 22.4 Å². The third kappa shape index (κ3) is 7.11. The van der Waals surface area contributed by atoms with Crippen molar-refractivity contribution in [2.24, 2.45) is 0 Å². The largest absolute Gasteiger partial charge is 0.393 e. The Morgan fingerprint density at radius 1 is 1.00 bits per heavy atom. The standard InChI is InChI=1S/C14H24O3S/c1-11(15)2-4-13(16)6-7-14(17)5-3-12-8-9-18-10-12/h8-11,13-17H,2-7H2,1H3. The van der Waals surface area contributed by atoms with Crippen molar-refractivity contribution < 1.29 is 15.3 Å². The van der Waals surface area contributed by atoms with E-state index < -0.39 is 6.10 Å². The summed E-state index contributed by atoms with van der Waals surface area (Å²) in [5.74, 6) is 0. The molecule has 1 aromatic heterocycles. The molecule has 1 aromatic rings. The second-order valence-corrected chi connectivity index (χ2v) is 5.76. The van der Waals surface area contributed by atoms with Crippen LogP contribution in [0.3, 0.4) is 0 Å². The molecule has 4 heteroatoms. The lowest BCUT2D eigenvalue weighted by Crippen LogP contribution is -2.15. The molecule has 3 atom stereocenters. The number of hydrogen-bond acceptors (Lipinski definition) is 4. The summed E-state index contributed by atoms with van der Waals surface area (Å²) in [7, 11) is 0. The Morgan fingerprint density at radius 3 is 2.17 bits per heavy atom. The van der Waals surface area contributed by atoms with Gasteiger partial charge in [0.15, 0.2) is 0 Å². The summed E-state index contributed by atoms with van der Waals surface area (Å²) in [6.07, 6.45) is 3.00. The van der Waals surface area contributed by atoms with Crippen molar-refractivity contribution in [2.45, 2.75) is 63.8 Å². The molecule has 0 aliphatic heterocycles. The highest BCUT2D eigenvalue weighted by atomic mass is 32.1.